The predicted octanol–water partition coefficient (Wildman–Crippen LogP) is 3.22. The number of thiophene rings is 1. The number of aromatic nitrogens is 1. The Balaban J connectivity index is 1.29. The molecular formula is C16H21N3S2. The fourth-order valence-corrected chi connectivity index (χ4v) is 5.05. The summed E-state index contributed by atoms with van der Waals surface area (Å²) >= 11 is 3.57. The van der Waals surface area contributed by atoms with Gasteiger partial charge in [0.2, 0.25) is 0 Å². The third-order valence-corrected chi connectivity index (χ3v) is 6.23. The van der Waals surface area contributed by atoms with Crippen LogP contribution in [0.3, 0.4) is 0 Å². The lowest BCUT2D eigenvalue weighted by Crippen LogP contribution is -2.56. The molecule has 0 saturated carbocycles. The van der Waals surface area contributed by atoms with Gasteiger partial charge in [0.25, 0.3) is 0 Å². The number of rotatable bonds is 4. The summed E-state index contributed by atoms with van der Waals surface area (Å²) in [6.07, 6.45) is 1.36. The lowest BCUT2D eigenvalue weighted by molar-refractivity contribution is 0.00163. The van der Waals surface area contributed by atoms with Gasteiger partial charge in [0.15, 0.2) is 0 Å². The molecule has 2 fully saturated rings. The number of likely N-dealkylation sites (tertiary alicyclic amines) is 2. The van der Waals surface area contributed by atoms with E-state index in [9.17, 15) is 0 Å². The van der Waals surface area contributed by atoms with Crippen molar-refractivity contribution < 1.29 is 0 Å². The van der Waals surface area contributed by atoms with Crippen LogP contribution in [0.5, 0.6) is 0 Å². The lowest BCUT2D eigenvalue weighted by Gasteiger charge is -2.48. The molecule has 5 heteroatoms. The Morgan fingerprint density at radius 2 is 2.05 bits per heavy atom. The fourth-order valence-electron chi connectivity index (χ4n) is 3.79. The second-order valence-corrected chi connectivity index (χ2v) is 8.44. The van der Waals surface area contributed by atoms with Crippen molar-refractivity contribution in [3.8, 4) is 0 Å². The average Bonchev–Trinajstić information content (AvgIpc) is 3.12. The first-order valence-electron chi connectivity index (χ1n) is 7.58. The van der Waals surface area contributed by atoms with Crippen LogP contribution < -0.4 is 0 Å². The summed E-state index contributed by atoms with van der Waals surface area (Å²) in [6.45, 7) is 9.30. The number of nitrogens with zero attached hydrogens (tertiary/aromatic N) is 3. The van der Waals surface area contributed by atoms with Crippen molar-refractivity contribution in [2.45, 2.75) is 26.4 Å². The minimum atomic E-state index is 0.571. The van der Waals surface area contributed by atoms with Gasteiger partial charge in [0, 0.05) is 43.5 Å². The van der Waals surface area contributed by atoms with Gasteiger partial charge in [-0.05, 0) is 42.3 Å². The van der Waals surface area contributed by atoms with Crippen LogP contribution >= 0.6 is 22.7 Å². The molecule has 4 heterocycles. The van der Waals surface area contributed by atoms with Crippen molar-refractivity contribution in [2.24, 2.45) is 5.41 Å². The van der Waals surface area contributed by atoms with E-state index in [0.29, 0.717) is 5.41 Å². The van der Waals surface area contributed by atoms with Gasteiger partial charge in [0.1, 0.15) is 0 Å². The summed E-state index contributed by atoms with van der Waals surface area (Å²) in [4.78, 5) is 9.79. The molecule has 0 radical (unpaired) electrons. The lowest BCUT2D eigenvalue weighted by atomic mass is 9.79. The van der Waals surface area contributed by atoms with Crippen molar-refractivity contribution in [3.63, 3.8) is 0 Å². The van der Waals surface area contributed by atoms with E-state index in [1.54, 1.807) is 22.7 Å². The van der Waals surface area contributed by atoms with Gasteiger partial charge in [0.05, 0.1) is 10.7 Å². The molecule has 0 N–H and O–H groups in total. The van der Waals surface area contributed by atoms with E-state index < -0.39 is 0 Å². The van der Waals surface area contributed by atoms with Gasteiger partial charge in [-0.1, -0.05) is 0 Å². The topological polar surface area (TPSA) is 19.4 Å². The van der Waals surface area contributed by atoms with Gasteiger partial charge >= 0.3 is 0 Å². The van der Waals surface area contributed by atoms with Crippen LogP contribution in [0.15, 0.2) is 22.2 Å². The first kappa shape index (κ1) is 13.9. The van der Waals surface area contributed by atoms with E-state index in [0.717, 1.165) is 13.1 Å². The quantitative estimate of drug-likeness (QED) is 0.862. The Morgan fingerprint density at radius 1 is 1.19 bits per heavy atom. The zero-order valence-electron chi connectivity index (χ0n) is 12.4. The molecule has 2 aliphatic rings. The Labute approximate surface area is 134 Å². The minimum absolute atomic E-state index is 0.571. The standard InChI is InChI=1S/C16H21N3S2/c1-13-17-15(9-21-13)7-18-4-3-16(10-18)11-19(12-16)6-14-2-5-20-8-14/h2,5,8-9H,3-4,6-7,10-12H2,1H3. The highest BCUT2D eigenvalue weighted by Crippen LogP contribution is 2.40. The molecule has 0 aromatic carbocycles. The summed E-state index contributed by atoms with van der Waals surface area (Å²) in [5.41, 5.74) is 3.30. The fraction of sp³-hybridized carbons (Fsp3) is 0.562. The highest BCUT2D eigenvalue weighted by Gasteiger charge is 2.47. The first-order chi connectivity index (χ1) is 10.2. The monoisotopic (exact) mass is 319 g/mol. The van der Waals surface area contributed by atoms with E-state index >= 15 is 0 Å². The van der Waals surface area contributed by atoms with E-state index in [-0.39, 0.29) is 0 Å². The SMILES string of the molecule is Cc1nc(CN2CCC3(C2)CN(Cc2ccsc2)C3)cs1. The van der Waals surface area contributed by atoms with Crippen molar-refractivity contribution in [3.05, 3.63) is 38.5 Å². The van der Waals surface area contributed by atoms with Gasteiger partial charge in [-0.15, -0.1) is 11.3 Å². The predicted molar refractivity (Wildman–Crippen MR) is 88.8 cm³/mol. The number of hydrogen-bond acceptors (Lipinski definition) is 5. The molecule has 0 atom stereocenters. The molecule has 0 aliphatic carbocycles. The van der Waals surface area contributed by atoms with Crippen molar-refractivity contribution in [2.75, 3.05) is 26.2 Å². The van der Waals surface area contributed by atoms with Gasteiger partial charge in [-0.2, -0.15) is 11.3 Å². The first-order valence-corrected chi connectivity index (χ1v) is 9.40. The van der Waals surface area contributed by atoms with Crippen molar-refractivity contribution >= 4 is 22.7 Å². The van der Waals surface area contributed by atoms with Gasteiger partial charge in [-0.25, -0.2) is 4.98 Å². The highest BCUT2D eigenvalue weighted by atomic mass is 32.1. The summed E-state index contributed by atoms with van der Waals surface area (Å²) < 4.78 is 0. The van der Waals surface area contributed by atoms with Crippen LogP contribution in [0.25, 0.3) is 0 Å². The van der Waals surface area contributed by atoms with Gasteiger partial charge in [-0.3, -0.25) is 9.80 Å². The largest absolute Gasteiger partial charge is 0.298 e. The summed E-state index contributed by atoms with van der Waals surface area (Å²) in [5.74, 6) is 0. The molecule has 2 aromatic heterocycles. The van der Waals surface area contributed by atoms with Crippen LogP contribution in [0.2, 0.25) is 0 Å². The molecule has 4 rings (SSSR count). The number of hydrogen-bond donors (Lipinski definition) is 0. The maximum absolute atomic E-state index is 4.60. The van der Waals surface area contributed by atoms with Gasteiger partial charge < -0.3 is 0 Å². The third-order valence-electron chi connectivity index (χ3n) is 4.67. The van der Waals surface area contributed by atoms with Crippen LogP contribution in [0.4, 0.5) is 0 Å². The molecule has 112 valence electrons. The Bertz CT molecular complexity index is 599. The smallest absolute Gasteiger partial charge is 0.0897 e. The van der Waals surface area contributed by atoms with Crippen LogP contribution in [0.1, 0.15) is 22.7 Å². The number of thiazole rings is 1. The Morgan fingerprint density at radius 3 is 2.76 bits per heavy atom. The van der Waals surface area contributed by atoms with Crippen molar-refractivity contribution in [1.29, 1.82) is 0 Å². The molecule has 1 spiro atoms. The van der Waals surface area contributed by atoms with E-state index in [4.69, 9.17) is 0 Å². The molecular weight excluding hydrogens is 298 g/mol. The molecule has 2 aromatic rings. The number of aryl methyl sites for hydroxylation is 1. The van der Waals surface area contributed by atoms with E-state index in [2.05, 4.69) is 43.9 Å². The molecule has 3 nitrogen and oxygen atoms in total. The van der Waals surface area contributed by atoms with Crippen molar-refractivity contribution in [1.82, 2.24) is 14.8 Å². The second-order valence-electron chi connectivity index (χ2n) is 6.60. The molecule has 0 unspecified atom stereocenters. The third kappa shape index (κ3) is 2.93. The van der Waals surface area contributed by atoms with E-state index in [1.165, 1.54) is 48.9 Å². The summed E-state index contributed by atoms with van der Waals surface area (Å²) in [7, 11) is 0. The Kier molecular flexibility index (Phi) is 3.61. The van der Waals surface area contributed by atoms with Crippen LogP contribution in [-0.2, 0) is 13.1 Å². The zero-order valence-corrected chi connectivity index (χ0v) is 14.1. The Hall–Kier alpha value is -0.750. The summed E-state index contributed by atoms with van der Waals surface area (Å²) in [6, 6.07) is 2.25. The van der Waals surface area contributed by atoms with Crippen LogP contribution in [0, 0.1) is 12.3 Å². The maximum Gasteiger partial charge on any atom is 0.0897 e. The van der Waals surface area contributed by atoms with Crippen LogP contribution in [-0.4, -0.2) is 41.0 Å². The minimum Gasteiger partial charge on any atom is -0.298 e. The zero-order chi connectivity index (χ0) is 14.3. The maximum atomic E-state index is 4.60. The molecule has 2 saturated heterocycles. The summed E-state index contributed by atoms with van der Waals surface area (Å²) in [5, 5.41) is 7.85. The van der Waals surface area contributed by atoms with E-state index in [1.807, 2.05) is 0 Å². The molecule has 21 heavy (non-hydrogen) atoms. The molecule has 0 amide bonds. The average molecular weight is 319 g/mol. The second kappa shape index (κ2) is 5.47. The normalized spacial score (nSPS) is 22.0. The molecule has 2 aliphatic heterocycles. The molecule has 0 bridgehead atoms. The highest BCUT2D eigenvalue weighted by molar-refractivity contribution is 7.09.